The van der Waals surface area contributed by atoms with E-state index in [-0.39, 0.29) is 0 Å². The van der Waals surface area contributed by atoms with Gasteiger partial charge >= 0.3 is 0 Å². The third-order valence-corrected chi connectivity index (χ3v) is 5.00. The summed E-state index contributed by atoms with van der Waals surface area (Å²) in [4.78, 5) is 1.41. The fourth-order valence-electron chi connectivity index (χ4n) is 3.20. The molecule has 1 aromatic heterocycles. The van der Waals surface area contributed by atoms with E-state index in [1.807, 2.05) is 0 Å². The van der Waals surface area contributed by atoms with Crippen LogP contribution in [0.25, 0.3) is 0 Å². The van der Waals surface area contributed by atoms with Gasteiger partial charge in [0, 0.05) is 6.04 Å². The molecule has 1 unspecified atom stereocenters. The highest BCUT2D eigenvalue weighted by molar-refractivity contribution is 7.05. The van der Waals surface area contributed by atoms with Gasteiger partial charge in [0.25, 0.3) is 0 Å². The Morgan fingerprint density at radius 2 is 1.95 bits per heavy atom. The largest absolute Gasteiger partial charge is 0.309 e. The summed E-state index contributed by atoms with van der Waals surface area (Å²) in [6, 6.07) is 0.490. The quantitative estimate of drug-likeness (QED) is 0.797. The predicted octanol–water partition coefficient (Wildman–Crippen LogP) is 4.11. The SMILES string of the molecule is CCCc1nnsc1C(NCC)C1CCCCCC1. The summed E-state index contributed by atoms with van der Waals surface area (Å²) >= 11 is 1.61. The van der Waals surface area contributed by atoms with Crippen LogP contribution in [0, 0.1) is 5.92 Å². The zero-order valence-electron chi connectivity index (χ0n) is 12.3. The molecule has 0 amide bonds. The van der Waals surface area contributed by atoms with Crippen molar-refractivity contribution in [1.29, 1.82) is 0 Å². The number of hydrogen-bond acceptors (Lipinski definition) is 4. The van der Waals surface area contributed by atoms with Gasteiger partial charge in [-0.3, -0.25) is 0 Å². The van der Waals surface area contributed by atoms with Crippen molar-refractivity contribution in [2.75, 3.05) is 6.54 Å². The molecule has 0 saturated heterocycles. The molecule has 3 nitrogen and oxygen atoms in total. The van der Waals surface area contributed by atoms with Gasteiger partial charge in [-0.15, -0.1) is 5.10 Å². The second-order valence-electron chi connectivity index (χ2n) is 5.62. The molecule has 4 heteroatoms. The second-order valence-corrected chi connectivity index (χ2v) is 6.41. The molecule has 1 saturated carbocycles. The molecule has 108 valence electrons. The highest BCUT2D eigenvalue weighted by Crippen LogP contribution is 2.36. The molecule has 19 heavy (non-hydrogen) atoms. The van der Waals surface area contributed by atoms with Crippen LogP contribution < -0.4 is 5.32 Å². The predicted molar refractivity (Wildman–Crippen MR) is 81.5 cm³/mol. The monoisotopic (exact) mass is 281 g/mol. The van der Waals surface area contributed by atoms with Crippen LogP contribution in [-0.4, -0.2) is 16.1 Å². The van der Waals surface area contributed by atoms with Crippen LogP contribution in [0.4, 0.5) is 0 Å². The number of nitrogens with one attached hydrogen (secondary N) is 1. The first kappa shape index (κ1) is 14.9. The molecular weight excluding hydrogens is 254 g/mol. The smallest absolute Gasteiger partial charge is 0.0803 e. The minimum Gasteiger partial charge on any atom is -0.309 e. The molecular formula is C15H27N3S. The summed E-state index contributed by atoms with van der Waals surface area (Å²) in [6.45, 7) is 5.46. The summed E-state index contributed by atoms with van der Waals surface area (Å²) in [5, 5.41) is 8.07. The lowest BCUT2D eigenvalue weighted by molar-refractivity contribution is 0.332. The third-order valence-electron chi connectivity index (χ3n) is 4.15. The molecule has 1 aliphatic rings. The molecule has 1 aromatic rings. The zero-order valence-corrected chi connectivity index (χ0v) is 13.1. The third kappa shape index (κ3) is 3.99. The second kappa shape index (κ2) is 7.95. The fourth-order valence-corrected chi connectivity index (χ4v) is 4.06. The van der Waals surface area contributed by atoms with Crippen molar-refractivity contribution in [3.05, 3.63) is 10.6 Å². The Morgan fingerprint density at radius 1 is 1.21 bits per heavy atom. The van der Waals surface area contributed by atoms with E-state index < -0.39 is 0 Å². The van der Waals surface area contributed by atoms with E-state index in [1.54, 1.807) is 11.5 Å². The first-order valence-corrected chi connectivity index (χ1v) is 8.68. The van der Waals surface area contributed by atoms with Crippen molar-refractivity contribution in [2.45, 2.75) is 71.3 Å². The van der Waals surface area contributed by atoms with Crippen LogP contribution in [-0.2, 0) is 6.42 Å². The number of rotatable bonds is 6. The van der Waals surface area contributed by atoms with E-state index in [1.165, 1.54) is 49.1 Å². The van der Waals surface area contributed by atoms with Gasteiger partial charge < -0.3 is 5.32 Å². The zero-order chi connectivity index (χ0) is 13.5. The first-order valence-electron chi connectivity index (χ1n) is 7.91. The Hall–Kier alpha value is -0.480. The van der Waals surface area contributed by atoms with Gasteiger partial charge in [-0.2, -0.15) is 0 Å². The minimum atomic E-state index is 0.490. The summed E-state index contributed by atoms with van der Waals surface area (Å²) < 4.78 is 4.21. The maximum atomic E-state index is 4.36. The van der Waals surface area contributed by atoms with E-state index in [9.17, 15) is 0 Å². The average molecular weight is 281 g/mol. The van der Waals surface area contributed by atoms with E-state index in [4.69, 9.17) is 0 Å². The fraction of sp³-hybridized carbons (Fsp3) is 0.867. The number of aromatic nitrogens is 2. The molecule has 1 N–H and O–H groups in total. The Bertz CT molecular complexity index is 356. The van der Waals surface area contributed by atoms with E-state index in [2.05, 4.69) is 28.8 Å². The van der Waals surface area contributed by atoms with Gasteiger partial charge in [-0.05, 0) is 43.3 Å². The number of aryl methyl sites for hydroxylation is 1. The normalized spacial score (nSPS) is 19.3. The maximum Gasteiger partial charge on any atom is 0.0803 e. The van der Waals surface area contributed by atoms with Crippen LogP contribution in [0.2, 0.25) is 0 Å². The number of hydrogen-bond donors (Lipinski definition) is 1. The van der Waals surface area contributed by atoms with Crippen LogP contribution in [0.15, 0.2) is 0 Å². The Labute approximate surface area is 121 Å². The first-order chi connectivity index (χ1) is 9.36. The van der Waals surface area contributed by atoms with Gasteiger partial charge in [0.2, 0.25) is 0 Å². The van der Waals surface area contributed by atoms with Crippen LogP contribution in [0.3, 0.4) is 0 Å². The van der Waals surface area contributed by atoms with Gasteiger partial charge in [0.1, 0.15) is 0 Å². The van der Waals surface area contributed by atoms with Gasteiger partial charge in [-0.25, -0.2) is 0 Å². The maximum absolute atomic E-state index is 4.36. The highest BCUT2D eigenvalue weighted by atomic mass is 32.1. The van der Waals surface area contributed by atoms with E-state index >= 15 is 0 Å². The lowest BCUT2D eigenvalue weighted by atomic mass is 9.89. The van der Waals surface area contributed by atoms with Crippen molar-refractivity contribution >= 4 is 11.5 Å². The Balaban J connectivity index is 2.15. The highest BCUT2D eigenvalue weighted by Gasteiger charge is 2.27. The summed E-state index contributed by atoms with van der Waals surface area (Å²) in [5.41, 5.74) is 1.24. The topological polar surface area (TPSA) is 37.8 Å². The van der Waals surface area contributed by atoms with Crippen LogP contribution >= 0.6 is 11.5 Å². The summed E-state index contributed by atoms with van der Waals surface area (Å²) in [7, 11) is 0. The lowest BCUT2D eigenvalue weighted by Crippen LogP contribution is -2.28. The molecule has 0 bridgehead atoms. The van der Waals surface area contributed by atoms with Gasteiger partial charge in [0.15, 0.2) is 0 Å². The van der Waals surface area contributed by atoms with Crippen molar-refractivity contribution in [3.8, 4) is 0 Å². The Morgan fingerprint density at radius 3 is 2.58 bits per heavy atom. The lowest BCUT2D eigenvalue weighted by Gasteiger charge is -2.26. The molecule has 1 heterocycles. The van der Waals surface area contributed by atoms with Crippen molar-refractivity contribution < 1.29 is 0 Å². The molecule has 0 aliphatic heterocycles. The molecule has 1 atom stereocenters. The molecule has 0 aromatic carbocycles. The van der Waals surface area contributed by atoms with Crippen LogP contribution in [0.5, 0.6) is 0 Å². The summed E-state index contributed by atoms with van der Waals surface area (Å²) in [6.07, 6.45) is 10.6. The van der Waals surface area contributed by atoms with Crippen LogP contribution in [0.1, 0.15) is 75.4 Å². The van der Waals surface area contributed by atoms with Crippen molar-refractivity contribution in [3.63, 3.8) is 0 Å². The van der Waals surface area contributed by atoms with Crippen molar-refractivity contribution in [2.24, 2.45) is 5.92 Å². The molecule has 2 rings (SSSR count). The molecule has 0 spiro atoms. The van der Waals surface area contributed by atoms with Gasteiger partial charge in [0.05, 0.1) is 10.6 Å². The molecule has 1 aliphatic carbocycles. The van der Waals surface area contributed by atoms with Gasteiger partial charge in [-0.1, -0.05) is 50.4 Å². The van der Waals surface area contributed by atoms with Crippen molar-refractivity contribution in [1.82, 2.24) is 14.9 Å². The number of nitrogens with zero attached hydrogens (tertiary/aromatic N) is 2. The molecule has 0 radical (unpaired) electrons. The van der Waals surface area contributed by atoms with E-state index in [0.717, 1.165) is 25.3 Å². The Kier molecular flexibility index (Phi) is 6.24. The summed E-state index contributed by atoms with van der Waals surface area (Å²) in [5.74, 6) is 0.778. The van der Waals surface area contributed by atoms with E-state index in [0.29, 0.717) is 6.04 Å². The average Bonchev–Trinajstić information content (AvgIpc) is 2.71. The molecule has 1 fully saturated rings. The minimum absolute atomic E-state index is 0.490. The standard InChI is InChI=1S/C15H27N3S/c1-3-9-13-15(19-18-17-13)14(16-4-2)12-10-7-5-6-8-11-12/h12,14,16H,3-11H2,1-2H3.